The van der Waals surface area contributed by atoms with Gasteiger partial charge in [-0.05, 0) is 60.7 Å². The fourth-order valence-corrected chi connectivity index (χ4v) is 4.66. The highest BCUT2D eigenvalue weighted by Crippen LogP contribution is 2.31. The van der Waals surface area contributed by atoms with Crippen LogP contribution in [0.5, 0.6) is 11.5 Å². The molecule has 0 fully saturated rings. The molecule has 0 saturated carbocycles. The van der Waals surface area contributed by atoms with Crippen LogP contribution in [0.4, 0.5) is 0 Å². The second kappa shape index (κ2) is 10.00. The van der Waals surface area contributed by atoms with E-state index in [0.29, 0.717) is 25.3 Å². The Morgan fingerprint density at radius 3 is 2.85 bits per heavy atom. The van der Waals surface area contributed by atoms with E-state index in [-0.39, 0.29) is 5.91 Å². The van der Waals surface area contributed by atoms with Gasteiger partial charge >= 0.3 is 0 Å². The third-order valence-corrected chi connectivity index (χ3v) is 6.42. The van der Waals surface area contributed by atoms with Crippen LogP contribution in [0.2, 0.25) is 0 Å². The summed E-state index contributed by atoms with van der Waals surface area (Å²) in [7, 11) is 1.66. The van der Waals surface area contributed by atoms with Crippen LogP contribution >= 0.6 is 0 Å². The number of hydrogen-bond donors (Lipinski definition) is 1. The Hall–Kier alpha value is -3.80. The number of H-pyrrole nitrogens is 1. The summed E-state index contributed by atoms with van der Waals surface area (Å²) >= 11 is 0. The quantitative estimate of drug-likeness (QED) is 0.461. The van der Waals surface area contributed by atoms with Crippen molar-refractivity contribution < 1.29 is 14.3 Å². The standard InChI is InChI=1S/C28H29N3O3/c1-33-26-11-10-20-17-25-23(22-8-2-3-9-24(22)30-25)12-15-31(14-4-5-16-34-27(26)18-20)28(32)21-7-6-13-29-19-21/h2-3,6-11,13,18-19,30H,4-5,12,14-17H2,1H3. The Bertz CT molecular complexity index is 1280. The summed E-state index contributed by atoms with van der Waals surface area (Å²) in [6.07, 6.45) is 6.58. The topological polar surface area (TPSA) is 67.5 Å². The van der Waals surface area contributed by atoms with Gasteiger partial charge in [0.05, 0.1) is 19.3 Å². The summed E-state index contributed by atoms with van der Waals surface area (Å²) in [6, 6.07) is 18.2. The molecule has 3 heterocycles. The summed E-state index contributed by atoms with van der Waals surface area (Å²) < 4.78 is 11.6. The fraction of sp³-hybridized carbons (Fsp3) is 0.286. The molecule has 174 valence electrons. The highest BCUT2D eigenvalue weighted by atomic mass is 16.5. The largest absolute Gasteiger partial charge is 0.493 e. The summed E-state index contributed by atoms with van der Waals surface area (Å²) in [5.74, 6) is 1.52. The second-order valence-corrected chi connectivity index (χ2v) is 8.63. The zero-order valence-corrected chi connectivity index (χ0v) is 19.4. The van der Waals surface area contributed by atoms with E-state index < -0.39 is 0 Å². The van der Waals surface area contributed by atoms with Crippen LogP contribution in [0.25, 0.3) is 10.9 Å². The number of ether oxygens (including phenoxy) is 2. The molecule has 0 radical (unpaired) electrons. The number of rotatable bonds is 2. The van der Waals surface area contributed by atoms with Crippen molar-refractivity contribution in [1.82, 2.24) is 14.9 Å². The lowest BCUT2D eigenvalue weighted by Crippen LogP contribution is -2.34. The Morgan fingerprint density at radius 1 is 1.09 bits per heavy atom. The van der Waals surface area contributed by atoms with Gasteiger partial charge in [-0.1, -0.05) is 24.3 Å². The van der Waals surface area contributed by atoms with Crippen LogP contribution in [0.1, 0.15) is 40.0 Å². The molecule has 6 heteroatoms. The van der Waals surface area contributed by atoms with Gasteiger partial charge in [-0.3, -0.25) is 9.78 Å². The predicted octanol–water partition coefficient (Wildman–Crippen LogP) is 5.02. The SMILES string of the molecule is COc1ccc2cc1OCCCCN(C(=O)c1cccnc1)CCc1c([nH]c3ccccc13)C2. The predicted molar refractivity (Wildman–Crippen MR) is 133 cm³/mol. The maximum absolute atomic E-state index is 13.3. The minimum absolute atomic E-state index is 0.0226. The van der Waals surface area contributed by atoms with E-state index in [1.165, 1.54) is 16.6 Å². The molecule has 0 spiro atoms. The molecule has 1 aliphatic rings. The van der Waals surface area contributed by atoms with Crippen molar-refractivity contribution in [3.05, 3.63) is 89.4 Å². The van der Waals surface area contributed by atoms with Crippen molar-refractivity contribution in [2.24, 2.45) is 0 Å². The van der Waals surface area contributed by atoms with Crippen LogP contribution in [-0.4, -0.2) is 47.6 Å². The molecule has 1 aliphatic heterocycles. The van der Waals surface area contributed by atoms with Crippen LogP contribution in [0.3, 0.4) is 0 Å². The number of aromatic nitrogens is 2. The molecule has 2 bridgehead atoms. The van der Waals surface area contributed by atoms with Gasteiger partial charge in [0, 0.05) is 48.5 Å². The van der Waals surface area contributed by atoms with Crippen LogP contribution < -0.4 is 9.47 Å². The van der Waals surface area contributed by atoms with E-state index in [9.17, 15) is 4.79 Å². The molecule has 0 unspecified atom stereocenters. The van der Waals surface area contributed by atoms with Crippen LogP contribution in [-0.2, 0) is 12.8 Å². The van der Waals surface area contributed by atoms with Gasteiger partial charge in [0.1, 0.15) is 0 Å². The first kappa shape index (κ1) is 22.0. The maximum Gasteiger partial charge on any atom is 0.255 e. The second-order valence-electron chi connectivity index (χ2n) is 8.63. The van der Waals surface area contributed by atoms with E-state index in [1.807, 2.05) is 29.2 Å². The van der Waals surface area contributed by atoms with Gasteiger partial charge in [-0.15, -0.1) is 0 Å². The molecule has 0 atom stereocenters. The van der Waals surface area contributed by atoms with E-state index >= 15 is 0 Å². The first-order chi connectivity index (χ1) is 16.7. The molecule has 1 N–H and O–H groups in total. The number of fused-ring (bicyclic) bond motifs is 5. The third-order valence-electron chi connectivity index (χ3n) is 6.42. The summed E-state index contributed by atoms with van der Waals surface area (Å²) in [5.41, 5.74) is 5.33. The van der Waals surface area contributed by atoms with Gasteiger partial charge in [0.2, 0.25) is 0 Å². The summed E-state index contributed by atoms with van der Waals surface area (Å²) in [6.45, 7) is 1.90. The summed E-state index contributed by atoms with van der Waals surface area (Å²) in [5, 5.41) is 1.21. The number of carbonyl (C=O) groups is 1. The highest BCUT2D eigenvalue weighted by molar-refractivity contribution is 5.94. The molecular weight excluding hydrogens is 426 g/mol. The number of pyridine rings is 1. The zero-order valence-electron chi connectivity index (χ0n) is 19.4. The molecular formula is C28H29N3O3. The number of nitrogens with zero attached hydrogens (tertiary/aromatic N) is 2. The van der Waals surface area contributed by atoms with Gasteiger partial charge < -0.3 is 19.4 Å². The Balaban J connectivity index is 1.51. The van der Waals surface area contributed by atoms with Gasteiger partial charge in [0.15, 0.2) is 11.5 Å². The van der Waals surface area contributed by atoms with Crippen molar-refractivity contribution >= 4 is 16.8 Å². The molecule has 1 amide bonds. The average molecular weight is 456 g/mol. The minimum atomic E-state index is 0.0226. The number of hydrogen-bond acceptors (Lipinski definition) is 4. The van der Waals surface area contributed by atoms with E-state index in [2.05, 4.69) is 40.3 Å². The number of amides is 1. The molecule has 5 rings (SSSR count). The van der Waals surface area contributed by atoms with E-state index in [0.717, 1.165) is 48.3 Å². The zero-order chi connectivity index (χ0) is 23.3. The number of para-hydroxylation sites is 1. The molecule has 6 nitrogen and oxygen atoms in total. The monoisotopic (exact) mass is 455 g/mol. The van der Waals surface area contributed by atoms with E-state index in [4.69, 9.17) is 9.47 Å². The van der Waals surface area contributed by atoms with Crippen LogP contribution in [0, 0.1) is 0 Å². The normalized spacial score (nSPS) is 14.7. The molecule has 34 heavy (non-hydrogen) atoms. The lowest BCUT2D eigenvalue weighted by molar-refractivity contribution is 0.0752. The molecule has 0 aliphatic carbocycles. The number of aromatic amines is 1. The van der Waals surface area contributed by atoms with Crippen molar-refractivity contribution in [3.8, 4) is 11.5 Å². The van der Waals surface area contributed by atoms with Gasteiger partial charge in [-0.25, -0.2) is 0 Å². The maximum atomic E-state index is 13.3. The number of methoxy groups -OCH3 is 1. The number of benzene rings is 2. The lowest BCUT2D eigenvalue weighted by Gasteiger charge is -2.23. The van der Waals surface area contributed by atoms with E-state index in [1.54, 1.807) is 19.5 Å². The first-order valence-electron chi connectivity index (χ1n) is 11.8. The van der Waals surface area contributed by atoms with Crippen molar-refractivity contribution in [2.75, 3.05) is 26.8 Å². The number of nitrogens with one attached hydrogen (secondary N) is 1. The number of carbonyl (C=O) groups excluding carboxylic acids is 1. The van der Waals surface area contributed by atoms with Gasteiger partial charge in [0.25, 0.3) is 5.91 Å². The van der Waals surface area contributed by atoms with Gasteiger partial charge in [-0.2, -0.15) is 0 Å². The molecule has 0 saturated heterocycles. The van der Waals surface area contributed by atoms with Crippen LogP contribution in [0.15, 0.2) is 67.0 Å². The molecule has 2 aromatic carbocycles. The fourth-order valence-electron chi connectivity index (χ4n) is 4.66. The van der Waals surface area contributed by atoms with Crippen molar-refractivity contribution in [2.45, 2.75) is 25.7 Å². The Labute approximate surface area is 199 Å². The summed E-state index contributed by atoms with van der Waals surface area (Å²) in [4.78, 5) is 23.0. The van der Waals surface area contributed by atoms with Crippen molar-refractivity contribution in [1.29, 1.82) is 0 Å². The third kappa shape index (κ3) is 4.62. The Kier molecular flexibility index (Phi) is 6.47. The molecule has 2 aromatic heterocycles. The smallest absolute Gasteiger partial charge is 0.255 e. The molecule has 4 aromatic rings. The lowest BCUT2D eigenvalue weighted by atomic mass is 10.0. The Morgan fingerprint density at radius 2 is 2.00 bits per heavy atom. The highest BCUT2D eigenvalue weighted by Gasteiger charge is 2.19. The average Bonchev–Trinajstić information content (AvgIpc) is 3.22. The minimum Gasteiger partial charge on any atom is -0.493 e. The first-order valence-corrected chi connectivity index (χ1v) is 11.8. The van der Waals surface area contributed by atoms with Crippen molar-refractivity contribution in [3.63, 3.8) is 0 Å².